The summed E-state index contributed by atoms with van der Waals surface area (Å²) in [5.41, 5.74) is 1.84. The molecule has 0 aromatic carbocycles. The molecule has 0 spiro atoms. The summed E-state index contributed by atoms with van der Waals surface area (Å²) in [4.78, 5) is 0. The van der Waals surface area contributed by atoms with Gasteiger partial charge in [0.05, 0.1) is 0 Å². The Labute approximate surface area is 297 Å². The Hall–Kier alpha value is -2.74. The molecular formula is C46H72F2. The Kier molecular flexibility index (Phi) is 18.9. The highest BCUT2D eigenvalue weighted by molar-refractivity contribution is 5.18. The number of hydrogen-bond acceptors (Lipinski definition) is 0. The maximum atomic E-state index is 17.0. The number of allylic oxidation sites excluding steroid dienone is 10. The smallest absolute Gasteiger partial charge is 0.205 e. The molecule has 270 valence electrons. The highest BCUT2D eigenvalue weighted by Crippen LogP contribution is 2.58. The van der Waals surface area contributed by atoms with Gasteiger partial charge >= 0.3 is 0 Å². The average molecular weight is 663 g/mol. The predicted molar refractivity (Wildman–Crippen MR) is 214 cm³/mol. The molecule has 0 saturated heterocycles. The summed E-state index contributed by atoms with van der Waals surface area (Å²) in [7, 11) is 0. The summed E-state index contributed by atoms with van der Waals surface area (Å²) < 4.78 is 34.0. The van der Waals surface area contributed by atoms with E-state index in [9.17, 15) is 0 Å². The Balaban J connectivity index is 6.18. The third kappa shape index (κ3) is 12.6. The van der Waals surface area contributed by atoms with Gasteiger partial charge in [0, 0.05) is 10.8 Å². The van der Waals surface area contributed by atoms with Gasteiger partial charge in [0.1, 0.15) is 0 Å². The van der Waals surface area contributed by atoms with Crippen LogP contribution in [0.4, 0.5) is 8.78 Å². The van der Waals surface area contributed by atoms with Crippen molar-refractivity contribution in [1.82, 2.24) is 0 Å². The maximum absolute atomic E-state index is 17.0. The molecule has 0 amide bonds. The Morgan fingerprint density at radius 3 is 1.27 bits per heavy atom. The van der Waals surface area contributed by atoms with E-state index < -0.39 is 16.8 Å². The van der Waals surface area contributed by atoms with Gasteiger partial charge in [-0.15, -0.1) is 6.58 Å². The standard InChI is InChI=1S/C46H72F2/c1-17-29-45(32-25-38(9)20-4,33-26-39(10)21-5)35-28-41(12)43(15,16)46(47,48)42(13,14)40(11)27-34-44(22-6,30-23-36(7)18-2)31-24-37(8)19-3/h17-21,41H,1-5,7-11,22-35H2,6,12-16H3. The van der Waals surface area contributed by atoms with Crippen molar-refractivity contribution in [2.45, 2.75) is 137 Å². The number of alkyl halides is 2. The molecule has 1 unspecified atom stereocenters. The van der Waals surface area contributed by atoms with E-state index in [0.717, 1.165) is 99.3 Å². The van der Waals surface area contributed by atoms with Crippen molar-refractivity contribution in [2.24, 2.45) is 27.6 Å². The lowest BCUT2D eigenvalue weighted by Gasteiger charge is -2.49. The topological polar surface area (TPSA) is 0 Å². The molecule has 0 rings (SSSR count). The van der Waals surface area contributed by atoms with Crippen LogP contribution in [0.5, 0.6) is 0 Å². The fourth-order valence-corrected chi connectivity index (χ4v) is 6.95. The third-order valence-electron chi connectivity index (χ3n) is 12.2. The van der Waals surface area contributed by atoms with Crippen LogP contribution in [-0.2, 0) is 0 Å². The van der Waals surface area contributed by atoms with Gasteiger partial charge in [-0.2, -0.15) is 0 Å². The molecule has 1 atom stereocenters. The first-order chi connectivity index (χ1) is 22.2. The predicted octanol–water partition coefficient (Wildman–Crippen LogP) is 15.5. The minimum Gasteiger partial charge on any atom is -0.205 e. The second-order valence-corrected chi connectivity index (χ2v) is 15.8. The summed E-state index contributed by atoms with van der Waals surface area (Å²) in [6.45, 7) is 51.5. The largest absolute Gasteiger partial charge is 0.261 e. The quantitative estimate of drug-likeness (QED) is 0.0552. The lowest BCUT2D eigenvalue weighted by Crippen LogP contribution is -2.52. The van der Waals surface area contributed by atoms with Crippen molar-refractivity contribution in [3.05, 3.63) is 124 Å². The molecule has 0 aliphatic rings. The molecular weight excluding hydrogens is 591 g/mol. The normalized spacial score (nSPS) is 13.2. The molecule has 48 heavy (non-hydrogen) atoms. The minimum absolute atomic E-state index is 0.0305. The molecule has 0 aromatic rings. The lowest BCUT2D eigenvalue weighted by atomic mass is 9.60. The SMILES string of the molecule is C=CCC(CCC(=C)C=C)(CCC(=C)C=C)CCC(C)C(C)(C)C(F)(F)C(C)(C)C(=C)CCC(CC)(CCC(=C)C=C)CCC(=C)C=C. The fraction of sp³-hybridized carbons (Fsp3) is 0.565. The van der Waals surface area contributed by atoms with E-state index in [1.54, 1.807) is 27.7 Å². The van der Waals surface area contributed by atoms with E-state index in [-0.39, 0.29) is 16.7 Å². The van der Waals surface area contributed by atoms with E-state index in [1.165, 1.54) is 0 Å². The van der Waals surface area contributed by atoms with Crippen molar-refractivity contribution in [3.63, 3.8) is 0 Å². The van der Waals surface area contributed by atoms with Gasteiger partial charge in [0.25, 0.3) is 5.92 Å². The first-order valence-electron chi connectivity index (χ1n) is 18.1. The van der Waals surface area contributed by atoms with Crippen molar-refractivity contribution >= 4 is 0 Å². The molecule has 0 aliphatic heterocycles. The Bertz CT molecular complexity index is 1120. The average Bonchev–Trinajstić information content (AvgIpc) is 3.07. The number of halogens is 2. The molecule has 0 aliphatic carbocycles. The van der Waals surface area contributed by atoms with E-state index in [4.69, 9.17) is 0 Å². The summed E-state index contributed by atoms with van der Waals surface area (Å²) in [6, 6.07) is 0. The van der Waals surface area contributed by atoms with Crippen LogP contribution in [0.15, 0.2) is 124 Å². The third-order valence-corrected chi connectivity index (χ3v) is 12.2. The lowest BCUT2D eigenvalue weighted by molar-refractivity contribution is -0.193. The van der Waals surface area contributed by atoms with Gasteiger partial charge < -0.3 is 0 Å². The van der Waals surface area contributed by atoms with Crippen molar-refractivity contribution in [2.75, 3.05) is 0 Å². The zero-order valence-corrected chi connectivity index (χ0v) is 32.2. The molecule has 0 bridgehead atoms. The van der Waals surface area contributed by atoms with Crippen LogP contribution in [0, 0.1) is 27.6 Å². The number of rotatable bonds is 29. The van der Waals surface area contributed by atoms with Crippen LogP contribution in [0.25, 0.3) is 0 Å². The van der Waals surface area contributed by atoms with Crippen molar-refractivity contribution in [1.29, 1.82) is 0 Å². The van der Waals surface area contributed by atoms with Gasteiger partial charge in [0.15, 0.2) is 0 Å². The Morgan fingerprint density at radius 2 is 0.938 bits per heavy atom. The van der Waals surface area contributed by atoms with E-state index in [2.05, 4.69) is 72.7 Å². The molecule has 0 N–H and O–H groups in total. The van der Waals surface area contributed by atoms with E-state index >= 15 is 8.78 Å². The maximum Gasteiger partial charge on any atom is 0.261 e. The second kappa shape index (κ2) is 20.1. The fourth-order valence-electron chi connectivity index (χ4n) is 6.95. The summed E-state index contributed by atoms with van der Waals surface area (Å²) in [5.74, 6) is -3.23. The summed E-state index contributed by atoms with van der Waals surface area (Å²) >= 11 is 0. The molecule has 0 radical (unpaired) electrons. The van der Waals surface area contributed by atoms with E-state index in [0.29, 0.717) is 18.4 Å². The first-order valence-corrected chi connectivity index (χ1v) is 18.1. The molecule has 0 nitrogen and oxygen atoms in total. The van der Waals surface area contributed by atoms with Gasteiger partial charge in [-0.3, -0.25) is 0 Å². The molecule has 2 heteroatoms. The van der Waals surface area contributed by atoms with E-state index in [1.807, 2.05) is 37.3 Å². The highest BCUT2D eigenvalue weighted by atomic mass is 19.3. The van der Waals surface area contributed by atoms with Gasteiger partial charge in [0.2, 0.25) is 0 Å². The van der Waals surface area contributed by atoms with Crippen LogP contribution in [0.3, 0.4) is 0 Å². The van der Waals surface area contributed by atoms with Gasteiger partial charge in [-0.1, -0.05) is 165 Å². The monoisotopic (exact) mass is 663 g/mol. The van der Waals surface area contributed by atoms with Gasteiger partial charge in [-0.05, 0) is 100 Å². The van der Waals surface area contributed by atoms with Gasteiger partial charge in [-0.25, -0.2) is 8.78 Å². The zero-order chi connectivity index (χ0) is 37.4. The molecule has 0 fully saturated rings. The number of hydrogen-bond donors (Lipinski definition) is 0. The molecule has 0 heterocycles. The summed E-state index contributed by atoms with van der Waals surface area (Å²) in [5, 5.41) is 0. The molecule has 0 aromatic heterocycles. The Morgan fingerprint density at radius 1 is 0.583 bits per heavy atom. The van der Waals surface area contributed by atoms with Crippen molar-refractivity contribution in [3.8, 4) is 0 Å². The highest BCUT2D eigenvalue weighted by Gasteiger charge is 2.59. The first kappa shape index (κ1) is 45.3. The van der Waals surface area contributed by atoms with Crippen LogP contribution in [0.1, 0.15) is 131 Å². The van der Waals surface area contributed by atoms with Crippen LogP contribution in [-0.4, -0.2) is 5.92 Å². The second-order valence-electron chi connectivity index (χ2n) is 15.8. The van der Waals surface area contributed by atoms with Crippen molar-refractivity contribution < 1.29 is 8.78 Å². The molecule has 0 saturated carbocycles. The van der Waals surface area contributed by atoms with Crippen LogP contribution >= 0.6 is 0 Å². The summed E-state index contributed by atoms with van der Waals surface area (Å²) in [6.07, 6.45) is 20.8. The zero-order valence-electron chi connectivity index (χ0n) is 32.2. The van der Waals surface area contributed by atoms with Crippen LogP contribution in [0.2, 0.25) is 0 Å². The minimum atomic E-state index is -2.99. The van der Waals surface area contributed by atoms with Crippen LogP contribution < -0.4 is 0 Å².